The standard InChI is InChI=1S/C40H50N6O4S/c1-25-6-19-35(36(21-25)28-9-7-27(8-10-28)26(2)47)37-22-29-23-42-40(44-31-13-11-30(12-14-31)43-32-5-4-20-41-24-32)45-38(29)46(39(37)48)33-15-17-34(18-16-33)51(3,49)50/h6,11-14,19,21-23,27-28,32-34,41,43H,4-5,7-10,15-18,20,24H2,1-3H3,(H,42,44,45). The number of aryl methyl sites for hydroxylation is 1. The Morgan fingerprint density at radius 3 is 2.29 bits per heavy atom. The van der Waals surface area contributed by atoms with Gasteiger partial charge < -0.3 is 16.0 Å². The lowest BCUT2D eigenvalue weighted by Gasteiger charge is -2.31. The maximum Gasteiger partial charge on any atom is 0.260 e. The summed E-state index contributed by atoms with van der Waals surface area (Å²) in [6.45, 7) is 5.80. The smallest absolute Gasteiger partial charge is 0.260 e. The number of nitrogens with one attached hydrogen (secondary N) is 3. The zero-order chi connectivity index (χ0) is 35.7. The predicted molar refractivity (Wildman–Crippen MR) is 205 cm³/mol. The Morgan fingerprint density at radius 2 is 1.63 bits per heavy atom. The number of carbonyl (C=O) groups is 1. The second-order valence-electron chi connectivity index (χ2n) is 15.1. The minimum absolute atomic E-state index is 0.114. The van der Waals surface area contributed by atoms with Crippen molar-refractivity contribution in [2.45, 2.75) is 101 Å². The van der Waals surface area contributed by atoms with Gasteiger partial charge in [0, 0.05) is 59.3 Å². The quantitative estimate of drug-likeness (QED) is 0.167. The monoisotopic (exact) mass is 710 g/mol. The number of anilines is 3. The van der Waals surface area contributed by atoms with E-state index in [2.05, 4.69) is 41.1 Å². The molecular formula is C40H50N6O4S. The third kappa shape index (κ3) is 7.89. The van der Waals surface area contributed by atoms with E-state index in [-0.39, 0.29) is 29.2 Å². The van der Waals surface area contributed by atoms with Gasteiger partial charge in [0.05, 0.1) is 5.25 Å². The van der Waals surface area contributed by atoms with Crippen LogP contribution >= 0.6 is 0 Å². The molecule has 0 radical (unpaired) electrons. The molecule has 3 N–H and O–H groups in total. The van der Waals surface area contributed by atoms with Crippen molar-refractivity contribution in [1.82, 2.24) is 19.9 Å². The van der Waals surface area contributed by atoms with Crippen molar-refractivity contribution >= 4 is 44.0 Å². The maximum absolute atomic E-state index is 14.8. The lowest BCUT2D eigenvalue weighted by atomic mass is 9.75. The first-order chi connectivity index (χ1) is 24.5. The third-order valence-electron chi connectivity index (χ3n) is 11.4. The first kappa shape index (κ1) is 35.3. The molecule has 0 bridgehead atoms. The summed E-state index contributed by atoms with van der Waals surface area (Å²) in [5, 5.41) is 10.7. The summed E-state index contributed by atoms with van der Waals surface area (Å²) in [5.74, 6) is 1.02. The number of hydrogen-bond donors (Lipinski definition) is 3. The van der Waals surface area contributed by atoms with Crippen LogP contribution in [0.4, 0.5) is 17.3 Å². The second-order valence-corrected chi connectivity index (χ2v) is 17.4. The van der Waals surface area contributed by atoms with Crippen LogP contribution in [0.25, 0.3) is 22.2 Å². The van der Waals surface area contributed by atoms with Gasteiger partial charge in [0.2, 0.25) is 5.95 Å². The number of sulfone groups is 1. The van der Waals surface area contributed by atoms with Gasteiger partial charge in [0.25, 0.3) is 5.56 Å². The van der Waals surface area contributed by atoms with E-state index < -0.39 is 15.1 Å². The van der Waals surface area contributed by atoms with Gasteiger partial charge in [0.1, 0.15) is 21.3 Å². The van der Waals surface area contributed by atoms with Gasteiger partial charge in [-0.25, -0.2) is 13.4 Å². The van der Waals surface area contributed by atoms with Gasteiger partial charge in [-0.2, -0.15) is 4.98 Å². The molecule has 3 heterocycles. The van der Waals surface area contributed by atoms with Gasteiger partial charge in [0.15, 0.2) is 0 Å². The van der Waals surface area contributed by atoms with E-state index in [0.29, 0.717) is 48.9 Å². The van der Waals surface area contributed by atoms with E-state index in [1.54, 1.807) is 13.1 Å². The van der Waals surface area contributed by atoms with Gasteiger partial charge in [-0.05, 0) is 132 Å². The summed E-state index contributed by atoms with van der Waals surface area (Å²) in [6.07, 6.45) is 11.1. The highest BCUT2D eigenvalue weighted by Crippen LogP contribution is 2.41. The third-order valence-corrected chi connectivity index (χ3v) is 13.1. The molecule has 3 aliphatic rings. The van der Waals surface area contributed by atoms with E-state index in [0.717, 1.165) is 85.1 Å². The fraction of sp³-hybridized carbons (Fsp3) is 0.500. The maximum atomic E-state index is 14.8. The van der Waals surface area contributed by atoms with Crippen molar-refractivity contribution in [3.63, 3.8) is 0 Å². The van der Waals surface area contributed by atoms with Crippen LogP contribution in [0, 0.1) is 12.8 Å². The average Bonchev–Trinajstić information content (AvgIpc) is 3.12. The first-order valence-corrected chi connectivity index (χ1v) is 20.6. The number of benzene rings is 2. The van der Waals surface area contributed by atoms with E-state index in [9.17, 15) is 18.0 Å². The molecule has 7 rings (SSSR count). The highest BCUT2D eigenvalue weighted by atomic mass is 32.2. The van der Waals surface area contributed by atoms with E-state index in [4.69, 9.17) is 9.97 Å². The average molecular weight is 711 g/mol. The first-order valence-electron chi connectivity index (χ1n) is 18.6. The van der Waals surface area contributed by atoms with Crippen LogP contribution in [-0.4, -0.2) is 59.4 Å². The Kier molecular flexibility index (Phi) is 10.3. The molecule has 1 unspecified atom stereocenters. The number of rotatable bonds is 9. The summed E-state index contributed by atoms with van der Waals surface area (Å²) < 4.78 is 26.7. The minimum atomic E-state index is -3.17. The summed E-state index contributed by atoms with van der Waals surface area (Å²) in [5.41, 5.74) is 6.13. The summed E-state index contributed by atoms with van der Waals surface area (Å²) in [6, 6.07) is 16.6. The van der Waals surface area contributed by atoms with E-state index >= 15 is 0 Å². The topological polar surface area (TPSA) is 135 Å². The molecule has 2 aromatic carbocycles. The number of pyridine rings is 1. The minimum Gasteiger partial charge on any atom is -0.381 e. The fourth-order valence-electron chi connectivity index (χ4n) is 8.51. The molecule has 0 spiro atoms. The zero-order valence-corrected chi connectivity index (χ0v) is 30.8. The lowest BCUT2D eigenvalue weighted by molar-refractivity contribution is -0.121. The molecule has 2 saturated carbocycles. The van der Waals surface area contributed by atoms with E-state index in [1.165, 1.54) is 6.26 Å². The van der Waals surface area contributed by atoms with Gasteiger partial charge in [-0.3, -0.25) is 14.2 Å². The number of Topliss-reactive ketones (excluding diaryl/α,β-unsaturated/α-hetero) is 1. The number of piperidine rings is 1. The highest BCUT2D eigenvalue weighted by molar-refractivity contribution is 7.91. The number of carbonyl (C=O) groups excluding carboxylic acids is 1. The van der Waals surface area contributed by atoms with Crippen LogP contribution < -0.4 is 21.5 Å². The number of aromatic nitrogens is 3. The normalized spacial score (nSPS) is 24.3. The van der Waals surface area contributed by atoms with Crippen molar-refractivity contribution in [3.05, 3.63) is 76.2 Å². The fourth-order valence-corrected chi connectivity index (χ4v) is 9.64. The van der Waals surface area contributed by atoms with Crippen molar-refractivity contribution in [2.75, 3.05) is 30.0 Å². The zero-order valence-electron chi connectivity index (χ0n) is 30.0. The lowest BCUT2D eigenvalue weighted by Crippen LogP contribution is -2.38. The van der Waals surface area contributed by atoms with Gasteiger partial charge in [-0.15, -0.1) is 0 Å². The van der Waals surface area contributed by atoms with Crippen molar-refractivity contribution in [3.8, 4) is 11.1 Å². The van der Waals surface area contributed by atoms with Gasteiger partial charge in [-0.1, -0.05) is 23.8 Å². The number of nitrogens with zero attached hydrogens (tertiary/aromatic N) is 3. The predicted octanol–water partition coefficient (Wildman–Crippen LogP) is 7.07. The Bertz CT molecular complexity index is 2060. The molecule has 51 heavy (non-hydrogen) atoms. The molecular weight excluding hydrogens is 661 g/mol. The molecule has 0 amide bonds. The summed E-state index contributed by atoms with van der Waals surface area (Å²) >= 11 is 0. The van der Waals surface area contributed by atoms with Crippen LogP contribution in [-0.2, 0) is 14.6 Å². The van der Waals surface area contributed by atoms with Crippen LogP contribution in [0.2, 0.25) is 0 Å². The molecule has 2 aromatic heterocycles. The molecule has 10 nitrogen and oxygen atoms in total. The molecule has 3 fully saturated rings. The SMILES string of the molecule is CC(=O)C1CCC(c2cc(C)ccc2-c2cc3cnc(Nc4ccc(NC5CCCNC5)cc4)nc3n(C3CCC(S(C)(=O)=O)CC3)c2=O)CC1. The van der Waals surface area contributed by atoms with Crippen molar-refractivity contribution < 1.29 is 13.2 Å². The molecule has 1 saturated heterocycles. The van der Waals surface area contributed by atoms with Gasteiger partial charge >= 0.3 is 0 Å². The number of hydrogen-bond acceptors (Lipinski definition) is 9. The largest absolute Gasteiger partial charge is 0.381 e. The highest BCUT2D eigenvalue weighted by Gasteiger charge is 2.32. The Hall–Kier alpha value is -4.09. The summed E-state index contributed by atoms with van der Waals surface area (Å²) in [7, 11) is -3.17. The Labute approximate surface area is 300 Å². The molecule has 1 aliphatic heterocycles. The summed E-state index contributed by atoms with van der Waals surface area (Å²) in [4.78, 5) is 36.6. The Morgan fingerprint density at radius 1 is 0.902 bits per heavy atom. The number of ketones is 1. The molecule has 2 aliphatic carbocycles. The Balaban J connectivity index is 1.24. The van der Waals surface area contributed by atoms with Crippen LogP contribution in [0.5, 0.6) is 0 Å². The number of fused-ring (bicyclic) bond motifs is 1. The van der Waals surface area contributed by atoms with Crippen molar-refractivity contribution in [2.24, 2.45) is 5.92 Å². The second kappa shape index (κ2) is 14.9. The van der Waals surface area contributed by atoms with Crippen LogP contribution in [0.1, 0.15) is 94.2 Å². The van der Waals surface area contributed by atoms with E-state index in [1.807, 2.05) is 34.9 Å². The molecule has 11 heteroatoms. The van der Waals surface area contributed by atoms with Crippen molar-refractivity contribution in [1.29, 1.82) is 0 Å². The van der Waals surface area contributed by atoms with Crippen LogP contribution in [0.3, 0.4) is 0 Å². The van der Waals surface area contributed by atoms with Crippen LogP contribution in [0.15, 0.2) is 59.5 Å². The molecule has 270 valence electrons. The molecule has 1 atom stereocenters. The molecule has 4 aromatic rings.